The van der Waals surface area contributed by atoms with Crippen LogP contribution < -0.4 is 10.9 Å². The average molecular weight is 399 g/mol. The lowest BCUT2D eigenvalue weighted by Crippen LogP contribution is -2.35. The number of sulfonamides is 1. The van der Waals surface area contributed by atoms with Crippen LogP contribution in [0.15, 0.2) is 58.2 Å². The van der Waals surface area contributed by atoms with Crippen molar-refractivity contribution in [1.82, 2.24) is 9.29 Å². The second-order valence-corrected chi connectivity index (χ2v) is 8.80. The van der Waals surface area contributed by atoms with Gasteiger partial charge in [-0.1, -0.05) is 6.07 Å². The number of rotatable bonds is 5. The molecule has 8 heteroatoms. The van der Waals surface area contributed by atoms with E-state index in [0.717, 1.165) is 15.4 Å². The normalized spacial score (nSPS) is 11.7. The van der Waals surface area contributed by atoms with Crippen LogP contribution in [0.25, 0.3) is 10.9 Å². The number of nitrogens with zero attached hydrogens (tertiary/aromatic N) is 1. The van der Waals surface area contributed by atoms with E-state index in [1.54, 1.807) is 6.07 Å². The fraction of sp³-hybridized carbons (Fsp3) is 0.200. The number of benzene rings is 2. The molecule has 0 saturated carbocycles. The van der Waals surface area contributed by atoms with Crippen molar-refractivity contribution in [3.8, 4) is 0 Å². The standard InChI is InChI=1S/C20H21N3O4S/c1-13-8-14(2)10-16(9-13)21-20(25)12-23(3)28(26,27)17-5-6-18-15(11-17)4-7-19(24)22-18/h4-11H,12H2,1-3H3,(H,21,25)(H,22,24). The summed E-state index contributed by atoms with van der Waals surface area (Å²) in [6.07, 6.45) is 0. The molecule has 146 valence electrons. The third-order valence-electron chi connectivity index (χ3n) is 4.28. The molecule has 0 atom stereocenters. The van der Waals surface area contributed by atoms with Crippen molar-refractivity contribution in [3.63, 3.8) is 0 Å². The van der Waals surface area contributed by atoms with E-state index in [-0.39, 0.29) is 17.0 Å². The van der Waals surface area contributed by atoms with Gasteiger partial charge in [0.25, 0.3) is 0 Å². The summed E-state index contributed by atoms with van der Waals surface area (Å²) in [6, 6.07) is 12.9. The first-order valence-electron chi connectivity index (χ1n) is 8.63. The molecule has 0 aliphatic carbocycles. The van der Waals surface area contributed by atoms with Crippen LogP contribution in [0.1, 0.15) is 11.1 Å². The summed E-state index contributed by atoms with van der Waals surface area (Å²) < 4.78 is 26.6. The van der Waals surface area contributed by atoms with Gasteiger partial charge in [0.1, 0.15) is 0 Å². The Kier molecular flexibility index (Phi) is 5.35. The maximum absolute atomic E-state index is 12.8. The predicted octanol–water partition coefficient (Wildman–Crippen LogP) is 2.40. The lowest BCUT2D eigenvalue weighted by Gasteiger charge is -2.17. The third kappa shape index (κ3) is 4.29. The van der Waals surface area contributed by atoms with Gasteiger partial charge < -0.3 is 10.3 Å². The molecule has 1 aromatic heterocycles. The van der Waals surface area contributed by atoms with E-state index in [2.05, 4.69) is 10.3 Å². The number of pyridine rings is 1. The predicted molar refractivity (Wildman–Crippen MR) is 109 cm³/mol. The minimum Gasteiger partial charge on any atom is -0.325 e. The molecule has 3 rings (SSSR count). The Morgan fingerprint density at radius 2 is 1.71 bits per heavy atom. The van der Waals surface area contributed by atoms with Gasteiger partial charge in [0.05, 0.1) is 11.4 Å². The number of amides is 1. The van der Waals surface area contributed by atoms with E-state index in [1.807, 2.05) is 32.0 Å². The third-order valence-corrected chi connectivity index (χ3v) is 6.07. The van der Waals surface area contributed by atoms with Gasteiger partial charge in [0, 0.05) is 24.3 Å². The molecule has 0 bridgehead atoms. The van der Waals surface area contributed by atoms with E-state index < -0.39 is 15.9 Å². The first-order valence-corrected chi connectivity index (χ1v) is 10.1. The molecular weight excluding hydrogens is 378 g/mol. The molecule has 2 aromatic carbocycles. The van der Waals surface area contributed by atoms with E-state index in [1.165, 1.54) is 31.3 Å². The Hall–Kier alpha value is -2.97. The van der Waals surface area contributed by atoms with Gasteiger partial charge >= 0.3 is 0 Å². The topological polar surface area (TPSA) is 99.3 Å². The molecule has 2 N–H and O–H groups in total. The summed E-state index contributed by atoms with van der Waals surface area (Å²) in [6.45, 7) is 3.53. The number of likely N-dealkylation sites (N-methyl/N-ethyl adjacent to an activating group) is 1. The smallest absolute Gasteiger partial charge is 0.248 e. The van der Waals surface area contributed by atoms with E-state index in [0.29, 0.717) is 16.6 Å². The first kappa shape index (κ1) is 19.8. The van der Waals surface area contributed by atoms with Gasteiger partial charge in [-0.25, -0.2) is 8.42 Å². The number of aryl methyl sites for hydroxylation is 2. The van der Waals surface area contributed by atoms with Gasteiger partial charge in [0.15, 0.2) is 0 Å². The van der Waals surface area contributed by atoms with Crippen molar-refractivity contribution in [3.05, 3.63) is 70.0 Å². The quantitative estimate of drug-likeness (QED) is 0.688. The molecule has 0 fully saturated rings. The fourth-order valence-electron chi connectivity index (χ4n) is 3.01. The number of hydrogen-bond donors (Lipinski definition) is 2. The highest BCUT2D eigenvalue weighted by atomic mass is 32.2. The average Bonchev–Trinajstić information content (AvgIpc) is 2.60. The summed E-state index contributed by atoms with van der Waals surface area (Å²) >= 11 is 0. The summed E-state index contributed by atoms with van der Waals surface area (Å²) in [5, 5.41) is 3.32. The maximum Gasteiger partial charge on any atom is 0.248 e. The monoisotopic (exact) mass is 399 g/mol. The highest BCUT2D eigenvalue weighted by Crippen LogP contribution is 2.20. The van der Waals surface area contributed by atoms with Crippen molar-refractivity contribution < 1.29 is 13.2 Å². The summed E-state index contributed by atoms with van der Waals surface area (Å²) in [5.41, 5.74) is 2.92. The summed E-state index contributed by atoms with van der Waals surface area (Å²) in [5.74, 6) is -0.429. The van der Waals surface area contributed by atoms with Crippen molar-refractivity contribution in [2.24, 2.45) is 0 Å². The highest BCUT2D eigenvalue weighted by Gasteiger charge is 2.23. The van der Waals surface area contributed by atoms with Crippen LogP contribution >= 0.6 is 0 Å². The zero-order chi connectivity index (χ0) is 20.5. The second-order valence-electron chi connectivity index (χ2n) is 6.76. The Balaban J connectivity index is 1.78. The van der Waals surface area contributed by atoms with Gasteiger partial charge in [0.2, 0.25) is 21.5 Å². The first-order chi connectivity index (χ1) is 13.1. The summed E-state index contributed by atoms with van der Waals surface area (Å²) in [4.78, 5) is 26.4. The van der Waals surface area contributed by atoms with Crippen LogP contribution in [0.5, 0.6) is 0 Å². The Bertz CT molecular complexity index is 1200. The Labute approximate surface area is 163 Å². The van der Waals surface area contributed by atoms with Gasteiger partial charge in [-0.15, -0.1) is 0 Å². The van der Waals surface area contributed by atoms with Crippen molar-refractivity contribution in [2.45, 2.75) is 18.7 Å². The van der Waals surface area contributed by atoms with Crippen molar-refractivity contribution in [1.29, 1.82) is 0 Å². The molecule has 7 nitrogen and oxygen atoms in total. The van der Waals surface area contributed by atoms with Crippen LogP contribution in [0.3, 0.4) is 0 Å². The minimum absolute atomic E-state index is 0.0498. The van der Waals surface area contributed by atoms with Crippen LogP contribution in [0.4, 0.5) is 5.69 Å². The van der Waals surface area contributed by atoms with Gasteiger partial charge in [-0.05, 0) is 66.8 Å². The van der Waals surface area contributed by atoms with E-state index in [9.17, 15) is 18.0 Å². The van der Waals surface area contributed by atoms with Gasteiger partial charge in [-0.2, -0.15) is 4.31 Å². The molecule has 0 unspecified atom stereocenters. The molecule has 0 radical (unpaired) electrons. The SMILES string of the molecule is Cc1cc(C)cc(NC(=O)CN(C)S(=O)(=O)c2ccc3[nH]c(=O)ccc3c2)c1. The van der Waals surface area contributed by atoms with E-state index >= 15 is 0 Å². The zero-order valence-electron chi connectivity index (χ0n) is 15.8. The number of fused-ring (bicyclic) bond motifs is 1. The number of carbonyl (C=O) groups excluding carboxylic acids is 1. The second kappa shape index (κ2) is 7.57. The minimum atomic E-state index is -3.86. The fourth-order valence-corrected chi connectivity index (χ4v) is 4.17. The maximum atomic E-state index is 12.8. The van der Waals surface area contributed by atoms with Crippen LogP contribution in [-0.2, 0) is 14.8 Å². The van der Waals surface area contributed by atoms with Crippen LogP contribution in [-0.4, -0.2) is 37.2 Å². The molecular formula is C20H21N3O4S. The van der Waals surface area contributed by atoms with Gasteiger partial charge in [-0.3, -0.25) is 9.59 Å². The Morgan fingerprint density at radius 3 is 2.39 bits per heavy atom. The molecule has 0 aliphatic heterocycles. The molecule has 0 aliphatic rings. The lowest BCUT2D eigenvalue weighted by molar-refractivity contribution is -0.116. The number of H-pyrrole nitrogens is 1. The molecule has 1 amide bonds. The molecule has 28 heavy (non-hydrogen) atoms. The van der Waals surface area contributed by atoms with Crippen molar-refractivity contribution in [2.75, 3.05) is 18.9 Å². The molecule has 3 aromatic rings. The van der Waals surface area contributed by atoms with Crippen LogP contribution in [0.2, 0.25) is 0 Å². The molecule has 1 heterocycles. The zero-order valence-corrected chi connectivity index (χ0v) is 16.6. The number of aromatic amines is 1. The number of carbonyl (C=O) groups is 1. The number of hydrogen-bond acceptors (Lipinski definition) is 4. The molecule has 0 spiro atoms. The number of anilines is 1. The van der Waals surface area contributed by atoms with Crippen LogP contribution in [0, 0.1) is 13.8 Å². The Morgan fingerprint density at radius 1 is 1.04 bits per heavy atom. The van der Waals surface area contributed by atoms with Crippen molar-refractivity contribution >= 4 is 32.5 Å². The van der Waals surface area contributed by atoms with E-state index in [4.69, 9.17) is 0 Å². The molecule has 0 saturated heterocycles. The lowest BCUT2D eigenvalue weighted by atomic mass is 10.1. The highest BCUT2D eigenvalue weighted by molar-refractivity contribution is 7.89. The number of aromatic nitrogens is 1. The summed E-state index contributed by atoms with van der Waals surface area (Å²) in [7, 11) is -2.51. The number of nitrogens with one attached hydrogen (secondary N) is 2. The largest absolute Gasteiger partial charge is 0.325 e.